The summed E-state index contributed by atoms with van der Waals surface area (Å²) in [5.41, 5.74) is 0. The van der Waals surface area contributed by atoms with Crippen molar-refractivity contribution >= 4 is 41.7 Å². The largest absolute Gasteiger partial charge is 0.390 e. The van der Waals surface area contributed by atoms with Crippen LogP contribution in [0.5, 0.6) is 0 Å². The van der Waals surface area contributed by atoms with Crippen LogP contribution >= 0.6 is 35.7 Å². The number of rotatable bonds is 6. The molecular weight excluding hydrogens is 430 g/mol. The van der Waals surface area contributed by atoms with Crippen LogP contribution in [0.1, 0.15) is 26.2 Å². The topological polar surface area (TPSA) is 45.7 Å². The summed E-state index contributed by atoms with van der Waals surface area (Å²) in [5.74, 6) is 0.446. The summed E-state index contributed by atoms with van der Waals surface area (Å²) < 4.78 is 41.9. The molecule has 0 radical (unpaired) electrons. The summed E-state index contributed by atoms with van der Waals surface area (Å²) in [6, 6.07) is 0. The first-order chi connectivity index (χ1) is 9.91. The molecule has 1 aliphatic heterocycles. The van der Waals surface area contributed by atoms with Crippen molar-refractivity contribution < 1.29 is 17.9 Å². The number of aliphatic imine (C=N–C) groups is 1. The fourth-order valence-corrected chi connectivity index (χ4v) is 2.83. The van der Waals surface area contributed by atoms with E-state index in [2.05, 4.69) is 15.6 Å². The number of hydrogen-bond donors (Lipinski definition) is 2. The van der Waals surface area contributed by atoms with Crippen molar-refractivity contribution in [3.05, 3.63) is 0 Å². The molecule has 0 aromatic rings. The minimum Gasteiger partial charge on any atom is -0.381 e. The Balaban J connectivity index is 0.00000441. The standard InChI is InChI=1S/C13H24F3N3OS.HI/c1-3-17-11(18-7-4-13(14,15)16)19-10-12(21-2)5-8-20-9-6-12;/h3-10H2,1-2H3,(H2,17,18,19);1H. The second-order valence-corrected chi connectivity index (χ2v) is 6.26. The van der Waals surface area contributed by atoms with Crippen molar-refractivity contribution in [3.63, 3.8) is 0 Å². The quantitative estimate of drug-likeness (QED) is 0.367. The fourth-order valence-electron chi connectivity index (χ4n) is 2.06. The molecule has 0 unspecified atom stereocenters. The van der Waals surface area contributed by atoms with Crippen molar-refractivity contribution in [1.82, 2.24) is 10.6 Å². The van der Waals surface area contributed by atoms with E-state index in [0.717, 1.165) is 12.8 Å². The second kappa shape index (κ2) is 10.8. The van der Waals surface area contributed by atoms with Crippen LogP contribution in [0.15, 0.2) is 4.99 Å². The third-order valence-electron chi connectivity index (χ3n) is 3.41. The average Bonchev–Trinajstić information content (AvgIpc) is 2.44. The number of hydrogen-bond acceptors (Lipinski definition) is 3. The van der Waals surface area contributed by atoms with Gasteiger partial charge in [-0.3, -0.25) is 4.99 Å². The lowest BCUT2D eigenvalue weighted by molar-refractivity contribution is -0.132. The lowest BCUT2D eigenvalue weighted by Gasteiger charge is -2.34. The van der Waals surface area contributed by atoms with Gasteiger partial charge in [-0.15, -0.1) is 24.0 Å². The number of ether oxygens (including phenoxy) is 1. The smallest absolute Gasteiger partial charge is 0.381 e. The zero-order chi connectivity index (χ0) is 15.8. The molecule has 0 aliphatic carbocycles. The molecule has 1 saturated heterocycles. The highest BCUT2D eigenvalue weighted by molar-refractivity contribution is 14.0. The molecule has 0 bridgehead atoms. The molecule has 0 amide bonds. The SMILES string of the molecule is CCNC(=NCC1(SC)CCOCC1)NCCC(F)(F)F.I. The molecule has 2 N–H and O–H groups in total. The van der Waals surface area contributed by atoms with E-state index in [4.69, 9.17) is 4.74 Å². The third kappa shape index (κ3) is 8.66. The van der Waals surface area contributed by atoms with Crippen molar-refractivity contribution in [1.29, 1.82) is 0 Å². The Morgan fingerprint density at radius 3 is 2.41 bits per heavy atom. The molecule has 0 aromatic heterocycles. The van der Waals surface area contributed by atoms with Gasteiger partial charge in [0.15, 0.2) is 5.96 Å². The van der Waals surface area contributed by atoms with Crippen LogP contribution < -0.4 is 10.6 Å². The Kier molecular flexibility index (Phi) is 10.8. The van der Waals surface area contributed by atoms with Gasteiger partial charge in [0.05, 0.1) is 13.0 Å². The van der Waals surface area contributed by atoms with E-state index < -0.39 is 12.6 Å². The average molecular weight is 455 g/mol. The van der Waals surface area contributed by atoms with Gasteiger partial charge in [0.2, 0.25) is 0 Å². The van der Waals surface area contributed by atoms with E-state index in [-0.39, 0.29) is 35.3 Å². The molecule has 0 atom stereocenters. The lowest BCUT2D eigenvalue weighted by atomic mass is 9.99. The minimum absolute atomic E-state index is 0. The predicted molar refractivity (Wildman–Crippen MR) is 96.4 cm³/mol. The molecule has 1 aliphatic rings. The van der Waals surface area contributed by atoms with Gasteiger partial charge in [-0.1, -0.05) is 0 Å². The van der Waals surface area contributed by atoms with Gasteiger partial charge in [-0.05, 0) is 26.0 Å². The Morgan fingerprint density at radius 1 is 1.27 bits per heavy atom. The summed E-state index contributed by atoms with van der Waals surface area (Å²) in [7, 11) is 0. The first-order valence-electron chi connectivity index (χ1n) is 7.12. The van der Waals surface area contributed by atoms with Gasteiger partial charge in [-0.2, -0.15) is 24.9 Å². The fraction of sp³-hybridized carbons (Fsp3) is 0.923. The van der Waals surface area contributed by atoms with Gasteiger partial charge in [0.25, 0.3) is 0 Å². The van der Waals surface area contributed by atoms with E-state index in [1.54, 1.807) is 11.8 Å². The van der Waals surface area contributed by atoms with E-state index in [9.17, 15) is 13.2 Å². The summed E-state index contributed by atoms with van der Waals surface area (Å²) in [6.07, 6.45) is -1.13. The first kappa shape index (κ1) is 22.1. The van der Waals surface area contributed by atoms with Crippen LogP contribution in [0, 0.1) is 0 Å². The molecule has 4 nitrogen and oxygen atoms in total. The highest BCUT2D eigenvalue weighted by atomic mass is 127. The summed E-state index contributed by atoms with van der Waals surface area (Å²) in [4.78, 5) is 4.45. The maximum absolute atomic E-state index is 12.2. The molecule has 0 spiro atoms. The molecule has 1 rings (SSSR count). The Hall–Kier alpha value is 0.1000. The number of guanidine groups is 1. The molecule has 9 heteroatoms. The summed E-state index contributed by atoms with van der Waals surface area (Å²) in [6.45, 7) is 4.36. The Morgan fingerprint density at radius 2 is 1.91 bits per heavy atom. The zero-order valence-electron chi connectivity index (χ0n) is 13.0. The zero-order valence-corrected chi connectivity index (χ0v) is 16.1. The lowest BCUT2D eigenvalue weighted by Crippen LogP contribution is -2.41. The number of halogens is 4. The van der Waals surface area contributed by atoms with E-state index in [1.807, 2.05) is 13.2 Å². The molecule has 0 saturated carbocycles. The van der Waals surface area contributed by atoms with E-state index >= 15 is 0 Å². The van der Waals surface area contributed by atoms with Gasteiger partial charge < -0.3 is 15.4 Å². The highest BCUT2D eigenvalue weighted by Gasteiger charge is 2.31. The number of thioether (sulfide) groups is 1. The first-order valence-corrected chi connectivity index (χ1v) is 8.35. The van der Waals surface area contributed by atoms with E-state index in [0.29, 0.717) is 32.3 Å². The maximum Gasteiger partial charge on any atom is 0.390 e. The second-order valence-electron chi connectivity index (χ2n) is 4.99. The molecular formula is C13H25F3IN3OS. The molecule has 132 valence electrons. The van der Waals surface area contributed by atoms with Gasteiger partial charge in [-0.25, -0.2) is 0 Å². The van der Waals surface area contributed by atoms with Crippen molar-refractivity contribution in [3.8, 4) is 0 Å². The van der Waals surface area contributed by atoms with Crippen LogP contribution in [0.2, 0.25) is 0 Å². The van der Waals surface area contributed by atoms with Crippen molar-refractivity contribution in [2.45, 2.75) is 37.1 Å². The summed E-state index contributed by atoms with van der Waals surface area (Å²) in [5, 5.41) is 5.72. The van der Waals surface area contributed by atoms with Crippen LogP contribution in [-0.2, 0) is 4.74 Å². The number of nitrogens with zero attached hydrogens (tertiary/aromatic N) is 1. The number of alkyl halides is 3. The molecule has 22 heavy (non-hydrogen) atoms. The maximum atomic E-state index is 12.2. The van der Waals surface area contributed by atoms with E-state index in [1.165, 1.54) is 0 Å². The van der Waals surface area contributed by atoms with Crippen molar-refractivity contribution in [2.24, 2.45) is 4.99 Å². The Labute approximate surface area is 151 Å². The molecule has 1 fully saturated rings. The highest BCUT2D eigenvalue weighted by Crippen LogP contribution is 2.33. The monoisotopic (exact) mass is 455 g/mol. The van der Waals surface area contributed by atoms with Crippen LogP contribution in [0.3, 0.4) is 0 Å². The minimum atomic E-state index is -4.15. The Bertz CT molecular complexity index is 337. The van der Waals surface area contributed by atoms with Crippen molar-refractivity contribution in [2.75, 3.05) is 39.1 Å². The number of nitrogens with one attached hydrogen (secondary N) is 2. The van der Waals surface area contributed by atoms with Gasteiger partial charge >= 0.3 is 6.18 Å². The molecule has 1 heterocycles. The summed E-state index contributed by atoms with van der Waals surface area (Å²) >= 11 is 1.76. The third-order valence-corrected chi connectivity index (χ3v) is 4.81. The van der Waals surface area contributed by atoms with Crippen LogP contribution in [0.25, 0.3) is 0 Å². The van der Waals surface area contributed by atoms with Crippen LogP contribution in [-0.4, -0.2) is 56.0 Å². The molecule has 0 aromatic carbocycles. The predicted octanol–water partition coefficient (Wildman–Crippen LogP) is 3.02. The van der Waals surface area contributed by atoms with Gasteiger partial charge in [0.1, 0.15) is 0 Å². The van der Waals surface area contributed by atoms with Crippen LogP contribution in [0.4, 0.5) is 13.2 Å². The normalized spacial score (nSPS) is 18.5. The van der Waals surface area contributed by atoms with Gasteiger partial charge in [0, 0.05) is 31.1 Å².